The topological polar surface area (TPSA) is 43.1 Å². The second-order valence-electron chi connectivity index (χ2n) is 4.90. The molecule has 2 heteroatoms. The molecule has 0 radical (unpaired) electrons. The van der Waals surface area contributed by atoms with E-state index in [9.17, 15) is 4.79 Å². The molecule has 0 bridgehead atoms. The highest BCUT2D eigenvalue weighted by molar-refractivity contribution is 6.00. The molecule has 0 fully saturated rings. The molecule has 0 saturated heterocycles. The zero-order valence-corrected chi connectivity index (χ0v) is 11.1. The molecule has 1 aromatic rings. The van der Waals surface area contributed by atoms with Gasteiger partial charge in [-0.3, -0.25) is 4.79 Å². The van der Waals surface area contributed by atoms with Crippen LogP contribution in [0.4, 0.5) is 0 Å². The molecule has 0 spiro atoms. The van der Waals surface area contributed by atoms with E-state index >= 15 is 0 Å². The van der Waals surface area contributed by atoms with Gasteiger partial charge in [-0.25, -0.2) is 0 Å². The Labute approximate surface area is 104 Å². The number of rotatable bonds is 6. The fourth-order valence-corrected chi connectivity index (χ4v) is 1.90. The zero-order chi connectivity index (χ0) is 12.9. The highest BCUT2D eigenvalue weighted by Gasteiger charge is 2.30. The van der Waals surface area contributed by atoms with Crippen molar-refractivity contribution in [1.29, 1.82) is 0 Å². The predicted molar refractivity (Wildman–Crippen MR) is 72.2 cm³/mol. The van der Waals surface area contributed by atoms with Crippen LogP contribution in [0.15, 0.2) is 24.3 Å². The van der Waals surface area contributed by atoms with Gasteiger partial charge in [0.2, 0.25) is 0 Å². The molecule has 1 aromatic carbocycles. The molecule has 0 saturated carbocycles. The van der Waals surface area contributed by atoms with Crippen molar-refractivity contribution in [2.45, 2.75) is 40.0 Å². The lowest BCUT2D eigenvalue weighted by molar-refractivity contribution is 0.0820. The molecule has 0 aliphatic carbocycles. The SMILES string of the molecule is CCCc1cccc(C(=O)C(C)(CC)CN)c1. The van der Waals surface area contributed by atoms with Gasteiger partial charge in [0.1, 0.15) is 0 Å². The minimum atomic E-state index is -0.426. The van der Waals surface area contributed by atoms with Gasteiger partial charge in [-0.2, -0.15) is 0 Å². The van der Waals surface area contributed by atoms with Crippen molar-refractivity contribution in [2.24, 2.45) is 11.1 Å². The molecule has 94 valence electrons. The van der Waals surface area contributed by atoms with E-state index in [1.54, 1.807) is 0 Å². The summed E-state index contributed by atoms with van der Waals surface area (Å²) in [6.45, 7) is 6.51. The minimum Gasteiger partial charge on any atom is -0.329 e. The van der Waals surface area contributed by atoms with Gasteiger partial charge in [-0.15, -0.1) is 0 Å². The van der Waals surface area contributed by atoms with Gasteiger partial charge < -0.3 is 5.73 Å². The summed E-state index contributed by atoms with van der Waals surface area (Å²) in [4.78, 5) is 12.4. The van der Waals surface area contributed by atoms with Crippen LogP contribution in [0.2, 0.25) is 0 Å². The van der Waals surface area contributed by atoms with E-state index in [1.807, 2.05) is 32.0 Å². The summed E-state index contributed by atoms with van der Waals surface area (Å²) < 4.78 is 0. The summed E-state index contributed by atoms with van der Waals surface area (Å²) in [5.41, 5.74) is 7.33. The summed E-state index contributed by atoms with van der Waals surface area (Å²) in [6, 6.07) is 7.94. The number of ketones is 1. The van der Waals surface area contributed by atoms with Gasteiger partial charge in [-0.05, 0) is 24.5 Å². The molecule has 1 atom stereocenters. The Balaban J connectivity index is 2.99. The lowest BCUT2D eigenvalue weighted by Crippen LogP contribution is -2.35. The third-order valence-corrected chi connectivity index (χ3v) is 3.51. The Morgan fingerprint density at radius 3 is 2.59 bits per heavy atom. The third kappa shape index (κ3) is 3.16. The second kappa shape index (κ2) is 5.97. The van der Waals surface area contributed by atoms with E-state index in [4.69, 9.17) is 5.73 Å². The largest absolute Gasteiger partial charge is 0.329 e. The van der Waals surface area contributed by atoms with Gasteiger partial charge in [0.05, 0.1) is 0 Å². The highest BCUT2D eigenvalue weighted by Crippen LogP contribution is 2.25. The van der Waals surface area contributed by atoms with Crippen LogP contribution < -0.4 is 5.73 Å². The van der Waals surface area contributed by atoms with E-state index in [0.717, 1.165) is 24.8 Å². The van der Waals surface area contributed by atoms with Crippen LogP contribution >= 0.6 is 0 Å². The number of Topliss-reactive ketones (excluding diaryl/α,β-unsaturated/α-hetero) is 1. The summed E-state index contributed by atoms with van der Waals surface area (Å²) in [5.74, 6) is 0.167. The minimum absolute atomic E-state index is 0.167. The fourth-order valence-electron chi connectivity index (χ4n) is 1.90. The highest BCUT2D eigenvalue weighted by atomic mass is 16.1. The Morgan fingerprint density at radius 1 is 1.35 bits per heavy atom. The van der Waals surface area contributed by atoms with Crippen LogP contribution in [0.3, 0.4) is 0 Å². The normalized spacial score (nSPS) is 14.4. The predicted octanol–water partition coefficient (Wildman–Crippen LogP) is 3.20. The lowest BCUT2D eigenvalue weighted by atomic mass is 9.79. The molecule has 1 unspecified atom stereocenters. The molecule has 0 aliphatic rings. The number of hydrogen-bond donors (Lipinski definition) is 1. The Bertz CT molecular complexity index is 380. The van der Waals surface area contributed by atoms with Gasteiger partial charge in [0, 0.05) is 17.5 Å². The smallest absolute Gasteiger partial charge is 0.169 e. The first-order valence-electron chi connectivity index (χ1n) is 6.41. The monoisotopic (exact) mass is 233 g/mol. The third-order valence-electron chi connectivity index (χ3n) is 3.51. The molecule has 17 heavy (non-hydrogen) atoms. The number of carbonyl (C=O) groups excluding carboxylic acids is 1. The standard InChI is InChI=1S/C15H23NO/c1-4-7-12-8-6-9-13(10-12)14(17)15(3,5-2)11-16/h6,8-10H,4-5,7,11,16H2,1-3H3. The molecule has 1 rings (SSSR count). The maximum Gasteiger partial charge on any atom is 0.169 e. The maximum atomic E-state index is 12.4. The number of aryl methyl sites for hydroxylation is 1. The number of carbonyl (C=O) groups is 1. The summed E-state index contributed by atoms with van der Waals surface area (Å²) >= 11 is 0. The van der Waals surface area contributed by atoms with Gasteiger partial charge in [0.15, 0.2) is 5.78 Å². The van der Waals surface area contributed by atoms with E-state index in [-0.39, 0.29) is 5.78 Å². The summed E-state index contributed by atoms with van der Waals surface area (Å²) in [6.07, 6.45) is 2.90. The fraction of sp³-hybridized carbons (Fsp3) is 0.533. The number of benzene rings is 1. The quantitative estimate of drug-likeness (QED) is 0.767. The summed E-state index contributed by atoms with van der Waals surface area (Å²) in [5, 5.41) is 0. The lowest BCUT2D eigenvalue weighted by Gasteiger charge is -2.24. The molecule has 0 aliphatic heterocycles. The van der Waals surface area contributed by atoms with Crippen molar-refractivity contribution in [3.05, 3.63) is 35.4 Å². The van der Waals surface area contributed by atoms with E-state index < -0.39 is 5.41 Å². The first kappa shape index (κ1) is 13.9. The van der Waals surface area contributed by atoms with E-state index in [0.29, 0.717) is 6.54 Å². The van der Waals surface area contributed by atoms with Crippen LogP contribution in [0, 0.1) is 5.41 Å². The van der Waals surface area contributed by atoms with Crippen LogP contribution in [0.1, 0.15) is 49.5 Å². The molecule has 2 N–H and O–H groups in total. The van der Waals surface area contributed by atoms with Crippen LogP contribution in [-0.2, 0) is 6.42 Å². The molecule has 0 amide bonds. The van der Waals surface area contributed by atoms with E-state index in [1.165, 1.54) is 5.56 Å². The van der Waals surface area contributed by atoms with Crippen molar-refractivity contribution in [3.63, 3.8) is 0 Å². The number of nitrogens with two attached hydrogens (primary N) is 1. The first-order chi connectivity index (χ1) is 8.07. The average Bonchev–Trinajstić information content (AvgIpc) is 2.37. The average molecular weight is 233 g/mol. The van der Waals surface area contributed by atoms with Crippen molar-refractivity contribution in [2.75, 3.05) is 6.54 Å². The van der Waals surface area contributed by atoms with Crippen LogP contribution in [-0.4, -0.2) is 12.3 Å². The van der Waals surface area contributed by atoms with Crippen molar-refractivity contribution >= 4 is 5.78 Å². The Kier molecular flexibility index (Phi) is 4.88. The second-order valence-corrected chi connectivity index (χ2v) is 4.90. The molecular formula is C15H23NO. The van der Waals surface area contributed by atoms with Crippen LogP contribution in [0.5, 0.6) is 0 Å². The van der Waals surface area contributed by atoms with Crippen LogP contribution in [0.25, 0.3) is 0 Å². The molecule has 0 aromatic heterocycles. The molecular weight excluding hydrogens is 210 g/mol. The Hall–Kier alpha value is -1.15. The van der Waals surface area contributed by atoms with Gasteiger partial charge >= 0.3 is 0 Å². The van der Waals surface area contributed by atoms with Gasteiger partial charge in [-0.1, -0.05) is 45.4 Å². The summed E-state index contributed by atoms with van der Waals surface area (Å²) in [7, 11) is 0. The van der Waals surface area contributed by atoms with Gasteiger partial charge in [0.25, 0.3) is 0 Å². The first-order valence-corrected chi connectivity index (χ1v) is 6.41. The zero-order valence-electron chi connectivity index (χ0n) is 11.1. The van der Waals surface area contributed by atoms with E-state index in [2.05, 4.69) is 13.0 Å². The van der Waals surface area contributed by atoms with Crippen molar-refractivity contribution < 1.29 is 4.79 Å². The number of hydrogen-bond acceptors (Lipinski definition) is 2. The van der Waals surface area contributed by atoms with Crippen molar-refractivity contribution in [1.82, 2.24) is 0 Å². The molecule has 2 nitrogen and oxygen atoms in total. The molecule has 0 heterocycles. The Morgan fingerprint density at radius 2 is 2.06 bits per heavy atom. The van der Waals surface area contributed by atoms with Crippen molar-refractivity contribution in [3.8, 4) is 0 Å². The maximum absolute atomic E-state index is 12.4.